The largest absolute Gasteiger partial charge is 0.442 e. The van der Waals surface area contributed by atoms with Crippen molar-refractivity contribution < 1.29 is 18.7 Å². The topological polar surface area (TPSA) is 97.8 Å². The molecule has 3 N–H and O–H groups in total. The van der Waals surface area contributed by atoms with Crippen LogP contribution >= 0.6 is 0 Å². The average molecular weight is 351 g/mol. The number of likely N-dealkylation sites (N-methyl/N-ethyl adjacent to an activating group) is 1. The lowest BCUT2D eigenvalue weighted by atomic mass is 10.2. The molecule has 9 heteroatoms. The number of ether oxygens (including phenoxy) is 1. The van der Waals surface area contributed by atoms with Crippen molar-refractivity contribution in [3.63, 3.8) is 0 Å². The number of amides is 2. The second kappa shape index (κ2) is 8.43. The summed E-state index contributed by atoms with van der Waals surface area (Å²) < 4.78 is 19.6. The molecule has 1 fully saturated rings. The number of carbonyl (C=O) groups excluding carboxylic acids is 2. The molecule has 2 amide bonds. The molecular weight excluding hydrogens is 329 g/mol. The van der Waals surface area contributed by atoms with Crippen LogP contribution in [0.4, 0.5) is 20.6 Å². The number of rotatable bonds is 8. The Morgan fingerprint density at radius 2 is 2.32 bits per heavy atom. The minimum atomic E-state index is -0.582. The van der Waals surface area contributed by atoms with Crippen LogP contribution in [-0.2, 0) is 9.53 Å². The summed E-state index contributed by atoms with van der Waals surface area (Å²) in [6.07, 6.45) is -0.00217. The molecule has 1 aliphatic rings. The van der Waals surface area contributed by atoms with Gasteiger partial charge in [0.1, 0.15) is 11.9 Å². The maximum absolute atomic E-state index is 14.4. The molecule has 0 saturated carbocycles. The van der Waals surface area contributed by atoms with Crippen LogP contribution < -0.4 is 20.4 Å². The van der Waals surface area contributed by atoms with Gasteiger partial charge >= 0.3 is 6.09 Å². The van der Waals surface area contributed by atoms with Crippen molar-refractivity contribution in [3.05, 3.63) is 24.0 Å². The first-order valence-corrected chi connectivity index (χ1v) is 7.90. The van der Waals surface area contributed by atoms with Gasteiger partial charge in [0, 0.05) is 20.0 Å². The lowest BCUT2D eigenvalue weighted by molar-refractivity contribution is -0.119. The van der Waals surface area contributed by atoms with Gasteiger partial charge in [0.2, 0.25) is 5.91 Å². The summed E-state index contributed by atoms with van der Waals surface area (Å²) >= 11 is 0. The molecule has 0 unspecified atom stereocenters. The summed E-state index contributed by atoms with van der Waals surface area (Å²) in [6.45, 7) is 2.86. The molecule has 0 bridgehead atoms. The number of halogens is 1. The first-order chi connectivity index (χ1) is 12.0. The highest BCUT2D eigenvalue weighted by Gasteiger charge is 2.32. The van der Waals surface area contributed by atoms with E-state index >= 15 is 0 Å². The number of carbonyl (C=O) groups is 2. The maximum atomic E-state index is 14.4. The van der Waals surface area contributed by atoms with Crippen LogP contribution in [0.25, 0.3) is 0 Å². The van der Waals surface area contributed by atoms with E-state index in [9.17, 15) is 14.0 Å². The number of benzene rings is 1. The van der Waals surface area contributed by atoms with Crippen molar-refractivity contribution in [2.45, 2.75) is 13.0 Å². The Balaban J connectivity index is 2.10. The summed E-state index contributed by atoms with van der Waals surface area (Å²) in [5, 5.41) is 12.9. The molecule has 1 aliphatic heterocycles. The predicted octanol–water partition coefficient (Wildman–Crippen LogP) is 0.920. The molecule has 25 heavy (non-hydrogen) atoms. The summed E-state index contributed by atoms with van der Waals surface area (Å²) in [5.41, 5.74) is 0.631. The van der Waals surface area contributed by atoms with E-state index < -0.39 is 18.0 Å². The first kappa shape index (κ1) is 18.7. The average Bonchev–Trinajstić information content (AvgIpc) is 2.95. The van der Waals surface area contributed by atoms with Crippen molar-refractivity contribution in [3.8, 4) is 0 Å². The van der Waals surface area contributed by atoms with E-state index in [1.54, 1.807) is 13.1 Å². The molecule has 0 aromatic heterocycles. The highest BCUT2D eigenvalue weighted by atomic mass is 19.1. The van der Waals surface area contributed by atoms with Crippen molar-refractivity contribution >= 4 is 29.7 Å². The van der Waals surface area contributed by atoms with Gasteiger partial charge < -0.3 is 20.3 Å². The molecule has 8 nitrogen and oxygen atoms in total. The third kappa shape index (κ3) is 4.66. The zero-order chi connectivity index (χ0) is 18.4. The molecule has 0 radical (unpaired) electrons. The van der Waals surface area contributed by atoms with E-state index in [1.165, 1.54) is 28.9 Å². The van der Waals surface area contributed by atoms with Crippen LogP contribution in [-0.4, -0.2) is 57.7 Å². The summed E-state index contributed by atoms with van der Waals surface area (Å²) in [6, 6.07) is 4.38. The van der Waals surface area contributed by atoms with Crippen molar-refractivity contribution in [1.82, 2.24) is 10.6 Å². The lowest BCUT2D eigenvalue weighted by Gasteiger charge is -2.21. The van der Waals surface area contributed by atoms with E-state index in [1.807, 2.05) is 0 Å². The Bertz CT molecular complexity index is 655. The second-order valence-corrected chi connectivity index (χ2v) is 5.62. The van der Waals surface area contributed by atoms with Gasteiger partial charge in [0.15, 0.2) is 0 Å². The number of nitrogens with zero attached hydrogens (tertiary/aromatic N) is 2. The fraction of sp³-hybridized carbons (Fsp3) is 0.438. The molecule has 1 atom stereocenters. The molecule has 0 spiro atoms. The van der Waals surface area contributed by atoms with Gasteiger partial charge in [-0.25, -0.2) is 9.18 Å². The Morgan fingerprint density at radius 3 is 2.92 bits per heavy atom. The molecule has 136 valence electrons. The highest BCUT2D eigenvalue weighted by Crippen LogP contribution is 2.27. The van der Waals surface area contributed by atoms with Gasteiger partial charge in [-0.2, -0.15) is 0 Å². The molecule has 1 heterocycles. The molecule has 1 saturated heterocycles. The number of hydrogen-bond acceptors (Lipinski definition) is 5. The second-order valence-electron chi connectivity index (χ2n) is 5.62. The van der Waals surface area contributed by atoms with Gasteiger partial charge in [-0.1, -0.05) is 0 Å². The number of hydrogen-bond donors (Lipinski definition) is 3. The van der Waals surface area contributed by atoms with Crippen LogP contribution in [0.3, 0.4) is 0 Å². The van der Waals surface area contributed by atoms with Crippen LogP contribution in [0.2, 0.25) is 0 Å². The van der Waals surface area contributed by atoms with Crippen molar-refractivity contribution in [2.24, 2.45) is 0 Å². The third-order valence-corrected chi connectivity index (χ3v) is 3.76. The predicted molar refractivity (Wildman–Crippen MR) is 92.8 cm³/mol. The van der Waals surface area contributed by atoms with E-state index in [0.717, 1.165) is 6.34 Å². The van der Waals surface area contributed by atoms with E-state index in [2.05, 4.69) is 10.6 Å². The quantitative estimate of drug-likeness (QED) is 0.478. The first-order valence-electron chi connectivity index (χ1n) is 7.90. The maximum Gasteiger partial charge on any atom is 0.414 e. The van der Waals surface area contributed by atoms with E-state index in [-0.39, 0.29) is 24.7 Å². The standard InChI is InChI=1S/C16H22FN5O3/c1-11(23)20-8-13-9-22(16(24)25-13)12-3-4-15(14(17)7-12)21(10-18)6-5-19-2/h3-4,7,10,13,18-19H,5-6,8-9H2,1-2H3,(H,20,23)/t13-/m0/s1. The minimum Gasteiger partial charge on any atom is -0.442 e. The van der Waals surface area contributed by atoms with Crippen LogP contribution in [0, 0.1) is 11.2 Å². The minimum absolute atomic E-state index is 0.210. The Kier molecular flexibility index (Phi) is 6.29. The molecule has 0 aliphatic carbocycles. The van der Waals surface area contributed by atoms with Gasteiger partial charge in [0.25, 0.3) is 0 Å². The Morgan fingerprint density at radius 1 is 1.56 bits per heavy atom. The van der Waals surface area contributed by atoms with Crippen LogP contribution in [0.5, 0.6) is 0 Å². The van der Waals surface area contributed by atoms with E-state index in [4.69, 9.17) is 10.1 Å². The summed E-state index contributed by atoms with van der Waals surface area (Å²) in [4.78, 5) is 25.7. The molecule has 1 aromatic rings. The lowest BCUT2D eigenvalue weighted by Crippen LogP contribution is -2.33. The molecule has 2 rings (SSSR count). The van der Waals surface area contributed by atoms with Crippen molar-refractivity contribution in [2.75, 3.05) is 43.0 Å². The number of cyclic esters (lactones) is 1. The fourth-order valence-corrected chi connectivity index (χ4v) is 2.48. The number of anilines is 2. The summed E-state index contributed by atoms with van der Waals surface area (Å²) in [5.74, 6) is -0.742. The van der Waals surface area contributed by atoms with Crippen LogP contribution in [0.1, 0.15) is 6.92 Å². The molecule has 1 aromatic carbocycles. The van der Waals surface area contributed by atoms with Crippen molar-refractivity contribution in [1.29, 1.82) is 5.41 Å². The van der Waals surface area contributed by atoms with Gasteiger partial charge in [0.05, 0.1) is 30.8 Å². The Hall–Kier alpha value is -2.68. The smallest absolute Gasteiger partial charge is 0.414 e. The third-order valence-electron chi connectivity index (χ3n) is 3.76. The SMILES string of the molecule is CNCCN(C=N)c1ccc(N2C[C@H](CNC(C)=O)OC2=O)cc1F. The zero-order valence-electron chi connectivity index (χ0n) is 14.2. The highest BCUT2D eigenvalue weighted by molar-refractivity contribution is 5.90. The Labute approximate surface area is 145 Å². The normalized spacial score (nSPS) is 16.5. The van der Waals surface area contributed by atoms with E-state index in [0.29, 0.717) is 18.8 Å². The molecular formula is C16H22FN5O3. The monoisotopic (exact) mass is 351 g/mol. The van der Waals surface area contributed by atoms with Gasteiger partial charge in [-0.15, -0.1) is 0 Å². The summed E-state index contributed by atoms with van der Waals surface area (Å²) in [7, 11) is 1.78. The van der Waals surface area contributed by atoms with Gasteiger partial charge in [-0.05, 0) is 25.2 Å². The number of nitrogens with one attached hydrogen (secondary N) is 3. The fourth-order valence-electron chi connectivity index (χ4n) is 2.48. The zero-order valence-corrected chi connectivity index (χ0v) is 14.2. The van der Waals surface area contributed by atoms with Crippen LogP contribution in [0.15, 0.2) is 18.2 Å². The van der Waals surface area contributed by atoms with Gasteiger partial charge in [-0.3, -0.25) is 15.1 Å².